The van der Waals surface area contributed by atoms with Crippen LogP contribution in [0, 0.1) is 5.41 Å². The van der Waals surface area contributed by atoms with Gasteiger partial charge in [0.15, 0.2) is 0 Å². The fourth-order valence-electron chi connectivity index (χ4n) is 2.23. The molecule has 0 aromatic heterocycles. The van der Waals surface area contributed by atoms with Crippen molar-refractivity contribution in [2.75, 3.05) is 20.3 Å². The molecule has 0 heterocycles. The van der Waals surface area contributed by atoms with Crippen molar-refractivity contribution >= 4 is 7.60 Å². The average Bonchev–Trinajstić information content (AvgIpc) is 2.22. The van der Waals surface area contributed by atoms with Crippen LogP contribution in [0.15, 0.2) is 0 Å². The van der Waals surface area contributed by atoms with E-state index < -0.39 is 13.4 Å². The Hall–Kier alpha value is 0.0700. The molecule has 0 saturated carbocycles. The van der Waals surface area contributed by atoms with E-state index >= 15 is 0 Å². The Morgan fingerprint density at radius 1 is 1.00 bits per heavy atom. The molecule has 1 unspecified atom stereocenters. The standard InChI is InChI=1S/C14H32NO4P/c1-10-18-20(16,19-11-2)12(13(3,4)5)15(17-9)14(6,7)8/h12H,10-11H2,1-9H3. The Kier molecular flexibility index (Phi) is 7.39. The van der Waals surface area contributed by atoms with Gasteiger partial charge >= 0.3 is 7.60 Å². The third kappa shape index (κ3) is 5.12. The van der Waals surface area contributed by atoms with Gasteiger partial charge < -0.3 is 13.9 Å². The molecule has 0 aliphatic rings. The summed E-state index contributed by atoms with van der Waals surface area (Å²) in [7, 11) is -1.73. The normalized spacial score (nSPS) is 15.7. The lowest BCUT2D eigenvalue weighted by atomic mass is 9.94. The first-order valence-corrected chi connectivity index (χ1v) is 8.77. The van der Waals surface area contributed by atoms with Gasteiger partial charge in [0, 0.05) is 5.54 Å². The maximum Gasteiger partial charge on any atom is 0.350 e. The molecular formula is C14H32NO4P. The first-order chi connectivity index (χ1) is 8.94. The minimum Gasteiger partial charge on any atom is -0.308 e. The highest BCUT2D eigenvalue weighted by molar-refractivity contribution is 7.54. The van der Waals surface area contributed by atoms with Gasteiger partial charge in [0.25, 0.3) is 0 Å². The van der Waals surface area contributed by atoms with E-state index in [1.807, 2.05) is 55.4 Å². The van der Waals surface area contributed by atoms with Gasteiger partial charge in [-0.05, 0) is 40.0 Å². The average molecular weight is 309 g/mol. The maximum atomic E-state index is 13.2. The molecule has 0 aliphatic heterocycles. The number of nitrogens with zero attached hydrogens (tertiary/aromatic N) is 1. The first-order valence-electron chi connectivity index (χ1n) is 7.16. The lowest BCUT2D eigenvalue weighted by molar-refractivity contribution is -0.217. The van der Waals surface area contributed by atoms with Crippen molar-refractivity contribution in [1.29, 1.82) is 0 Å². The second-order valence-corrected chi connectivity index (χ2v) is 8.88. The highest BCUT2D eigenvalue weighted by Crippen LogP contribution is 2.60. The van der Waals surface area contributed by atoms with Crippen LogP contribution < -0.4 is 0 Å². The summed E-state index contributed by atoms with van der Waals surface area (Å²) in [6.07, 6.45) is 0. The molecule has 5 nitrogen and oxygen atoms in total. The molecule has 0 aromatic carbocycles. The number of hydroxylamine groups is 2. The Labute approximate surface area is 124 Å². The van der Waals surface area contributed by atoms with Gasteiger partial charge in [-0.1, -0.05) is 20.8 Å². The van der Waals surface area contributed by atoms with Gasteiger partial charge in [0.1, 0.15) is 5.78 Å². The molecule has 122 valence electrons. The molecule has 0 saturated heterocycles. The summed E-state index contributed by atoms with van der Waals surface area (Å²) in [6.45, 7) is 16.4. The first kappa shape index (κ1) is 20.1. The van der Waals surface area contributed by atoms with Crippen molar-refractivity contribution in [1.82, 2.24) is 5.06 Å². The van der Waals surface area contributed by atoms with Gasteiger partial charge in [-0.3, -0.25) is 4.57 Å². The fourth-order valence-corrected chi connectivity index (χ4v) is 4.96. The summed E-state index contributed by atoms with van der Waals surface area (Å²) < 4.78 is 24.3. The molecule has 0 rings (SSSR count). The minimum atomic E-state index is -3.32. The second kappa shape index (κ2) is 7.37. The van der Waals surface area contributed by atoms with Crippen molar-refractivity contribution in [2.45, 2.75) is 66.7 Å². The molecule has 0 aliphatic carbocycles. The molecule has 0 amide bonds. The van der Waals surface area contributed by atoms with Gasteiger partial charge in [0.2, 0.25) is 0 Å². The topological polar surface area (TPSA) is 48.0 Å². The van der Waals surface area contributed by atoms with Crippen LogP contribution in [0.25, 0.3) is 0 Å². The van der Waals surface area contributed by atoms with Crippen LogP contribution >= 0.6 is 7.60 Å². The Bertz CT molecular complexity index is 323. The number of hydrogen-bond donors (Lipinski definition) is 0. The Morgan fingerprint density at radius 2 is 1.40 bits per heavy atom. The summed E-state index contributed by atoms with van der Waals surface area (Å²) in [5, 5.41) is 1.74. The van der Waals surface area contributed by atoms with Crippen LogP contribution in [-0.2, 0) is 18.5 Å². The quantitative estimate of drug-likeness (QED) is 0.519. The lowest BCUT2D eigenvalue weighted by Crippen LogP contribution is -2.52. The fraction of sp³-hybridized carbons (Fsp3) is 1.00. The predicted molar refractivity (Wildman–Crippen MR) is 82.7 cm³/mol. The van der Waals surface area contributed by atoms with Gasteiger partial charge in [-0.15, -0.1) is 0 Å². The molecule has 0 bridgehead atoms. The summed E-state index contributed by atoms with van der Waals surface area (Å²) in [5.41, 5.74) is -0.653. The Morgan fingerprint density at radius 3 is 1.60 bits per heavy atom. The molecule has 1 atom stereocenters. The summed E-state index contributed by atoms with van der Waals surface area (Å²) >= 11 is 0. The van der Waals surface area contributed by atoms with E-state index in [2.05, 4.69) is 0 Å². The third-order valence-corrected chi connectivity index (χ3v) is 5.59. The van der Waals surface area contributed by atoms with E-state index in [-0.39, 0.29) is 11.0 Å². The van der Waals surface area contributed by atoms with Crippen molar-refractivity contribution in [3.8, 4) is 0 Å². The SMILES string of the molecule is CCOP(=O)(OCC)C(N(OC)C(C)(C)C)C(C)(C)C. The van der Waals surface area contributed by atoms with Crippen molar-refractivity contribution < 1.29 is 18.5 Å². The van der Waals surface area contributed by atoms with Crippen LogP contribution in [-0.4, -0.2) is 36.7 Å². The van der Waals surface area contributed by atoms with E-state index in [0.29, 0.717) is 13.2 Å². The van der Waals surface area contributed by atoms with Crippen LogP contribution in [0.1, 0.15) is 55.4 Å². The predicted octanol–water partition coefficient (Wildman–Crippen LogP) is 4.29. The van der Waals surface area contributed by atoms with Crippen molar-refractivity contribution in [3.63, 3.8) is 0 Å². The molecule has 0 fully saturated rings. The number of rotatable bonds is 7. The zero-order valence-electron chi connectivity index (χ0n) is 14.5. The van der Waals surface area contributed by atoms with E-state index in [9.17, 15) is 4.57 Å². The smallest absolute Gasteiger partial charge is 0.308 e. The van der Waals surface area contributed by atoms with Crippen molar-refractivity contribution in [2.24, 2.45) is 5.41 Å². The van der Waals surface area contributed by atoms with Crippen LogP contribution in [0.4, 0.5) is 0 Å². The highest BCUT2D eigenvalue weighted by atomic mass is 31.2. The number of hydrogen-bond acceptors (Lipinski definition) is 5. The molecule has 0 spiro atoms. The molecular weight excluding hydrogens is 277 g/mol. The Balaban J connectivity index is 5.82. The zero-order valence-corrected chi connectivity index (χ0v) is 15.4. The van der Waals surface area contributed by atoms with Crippen LogP contribution in [0.3, 0.4) is 0 Å². The highest BCUT2D eigenvalue weighted by Gasteiger charge is 2.50. The third-order valence-electron chi connectivity index (χ3n) is 2.77. The molecule has 0 radical (unpaired) electrons. The van der Waals surface area contributed by atoms with Gasteiger partial charge in [0.05, 0.1) is 20.3 Å². The monoisotopic (exact) mass is 309 g/mol. The molecule has 20 heavy (non-hydrogen) atoms. The lowest BCUT2D eigenvalue weighted by Gasteiger charge is -2.46. The summed E-state index contributed by atoms with van der Waals surface area (Å²) in [6, 6.07) is 0. The largest absolute Gasteiger partial charge is 0.350 e. The second-order valence-electron chi connectivity index (χ2n) is 6.79. The zero-order chi connectivity index (χ0) is 16.2. The van der Waals surface area contributed by atoms with Crippen LogP contribution in [0.2, 0.25) is 0 Å². The van der Waals surface area contributed by atoms with E-state index in [1.165, 1.54) is 0 Å². The van der Waals surface area contributed by atoms with Crippen molar-refractivity contribution in [3.05, 3.63) is 0 Å². The van der Waals surface area contributed by atoms with Gasteiger partial charge in [-0.25, -0.2) is 0 Å². The minimum absolute atomic E-state index is 0.323. The van der Waals surface area contributed by atoms with E-state index in [4.69, 9.17) is 13.9 Å². The van der Waals surface area contributed by atoms with E-state index in [1.54, 1.807) is 12.2 Å². The summed E-state index contributed by atoms with van der Waals surface area (Å²) in [5.74, 6) is -0.486. The molecule has 6 heteroatoms. The molecule has 0 aromatic rings. The molecule has 0 N–H and O–H groups in total. The van der Waals surface area contributed by atoms with E-state index in [0.717, 1.165) is 0 Å². The maximum absolute atomic E-state index is 13.2. The van der Waals surface area contributed by atoms with Crippen LogP contribution in [0.5, 0.6) is 0 Å². The van der Waals surface area contributed by atoms with Gasteiger partial charge in [-0.2, -0.15) is 5.06 Å². The summed E-state index contributed by atoms with van der Waals surface area (Å²) in [4.78, 5) is 5.54.